The van der Waals surface area contributed by atoms with Crippen LogP contribution in [0.1, 0.15) is 26.7 Å². The zero-order valence-electron chi connectivity index (χ0n) is 8.85. The fourth-order valence-corrected chi connectivity index (χ4v) is 2.40. The third kappa shape index (κ3) is 1.64. The van der Waals surface area contributed by atoms with E-state index in [9.17, 15) is 0 Å². The zero-order chi connectivity index (χ0) is 9.19. The van der Waals surface area contributed by atoms with Crippen LogP contribution in [0.5, 0.6) is 0 Å². The van der Waals surface area contributed by atoms with Crippen LogP contribution in [0.15, 0.2) is 0 Å². The smallest absolute Gasteiger partial charge is 0.0250 e. The van der Waals surface area contributed by atoms with Crippen LogP contribution in [0.3, 0.4) is 0 Å². The molecule has 72 valence electrons. The van der Waals surface area contributed by atoms with Crippen LogP contribution >= 0.6 is 0 Å². The number of hydrogen-bond donors (Lipinski definition) is 1. The topological polar surface area (TPSA) is 15.3 Å². The number of piperidine rings is 1. The van der Waals surface area contributed by atoms with Gasteiger partial charge in [0, 0.05) is 5.54 Å². The molecule has 0 aromatic heterocycles. The van der Waals surface area contributed by atoms with E-state index in [4.69, 9.17) is 0 Å². The van der Waals surface area contributed by atoms with E-state index >= 15 is 0 Å². The van der Waals surface area contributed by atoms with E-state index in [1.165, 1.54) is 25.9 Å². The monoisotopic (exact) mass is 170 g/mol. The molecule has 0 bridgehead atoms. The predicted molar refractivity (Wildman–Crippen MR) is 53.4 cm³/mol. The van der Waals surface area contributed by atoms with Gasteiger partial charge in [0.15, 0.2) is 0 Å². The highest BCUT2D eigenvalue weighted by molar-refractivity contribution is 4.94. The second-order valence-corrected chi connectivity index (χ2v) is 4.40. The molecular formula is C10H22N2. The van der Waals surface area contributed by atoms with Crippen molar-refractivity contribution in [2.24, 2.45) is 5.92 Å². The Kier molecular flexibility index (Phi) is 3.13. The van der Waals surface area contributed by atoms with E-state index in [1.807, 2.05) is 0 Å². The molecule has 1 N–H and O–H groups in total. The van der Waals surface area contributed by atoms with Crippen molar-refractivity contribution >= 4 is 0 Å². The van der Waals surface area contributed by atoms with Crippen molar-refractivity contribution in [2.75, 3.05) is 27.2 Å². The van der Waals surface area contributed by atoms with Gasteiger partial charge in [-0.2, -0.15) is 0 Å². The molecule has 0 spiro atoms. The Balaban J connectivity index is 2.70. The number of rotatable bonds is 2. The van der Waals surface area contributed by atoms with E-state index in [0.29, 0.717) is 5.54 Å². The number of nitrogens with zero attached hydrogens (tertiary/aromatic N) is 1. The zero-order valence-corrected chi connectivity index (χ0v) is 8.85. The molecule has 1 aliphatic rings. The highest BCUT2D eigenvalue weighted by Crippen LogP contribution is 2.31. The Labute approximate surface area is 76.3 Å². The van der Waals surface area contributed by atoms with Crippen molar-refractivity contribution in [2.45, 2.75) is 32.2 Å². The van der Waals surface area contributed by atoms with E-state index in [0.717, 1.165) is 5.92 Å². The van der Waals surface area contributed by atoms with Crippen LogP contribution in [0.2, 0.25) is 0 Å². The van der Waals surface area contributed by atoms with Gasteiger partial charge in [-0.05, 0) is 45.9 Å². The molecule has 2 nitrogen and oxygen atoms in total. The molecule has 0 unspecified atom stereocenters. The summed E-state index contributed by atoms with van der Waals surface area (Å²) in [6.45, 7) is 7.03. The van der Waals surface area contributed by atoms with Crippen molar-refractivity contribution in [1.29, 1.82) is 0 Å². The molecule has 0 aliphatic carbocycles. The van der Waals surface area contributed by atoms with Crippen molar-refractivity contribution in [3.63, 3.8) is 0 Å². The maximum atomic E-state index is 3.42. The second kappa shape index (κ2) is 3.75. The maximum absolute atomic E-state index is 3.42. The molecule has 0 saturated carbocycles. The quantitative estimate of drug-likeness (QED) is 0.672. The van der Waals surface area contributed by atoms with Crippen molar-refractivity contribution < 1.29 is 0 Å². The highest BCUT2D eigenvalue weighted by Gasteiger charge is 2.36. The summed E-state index contributed by atoms with van der Waals surface area (Å²) in [5.74, 6) is 0.759. The standard InChI is InChI=1S/C10H22N2/c1-9(2)10(12(3)4)5-7-11-8-6-10/h9,11H,5-8H2,1-4H3. The molecule has 1 heterocycles. The third-order valence-corrected chi connectivity index (χ3v) is 3.43. The second-order valence-electron chi connectivity index (χ2n) is 4.40. The number of nitrogens with one attached hydrogen (secondary N) is 1. The van der Waals surface area contributed by atoms with Crippen LogP contribution in [0, 0.1) is 5.92 Å². The molecule has 1 saturated heterocycles. The summed E-state index contributed by atoms with van der Waals surface area (Å²) in [5, 5.41) is 3.42. The van der Waals surface area contributed by atoms with Gasteiger partial charge in [0.2, 0.25) is 0 Å². The van der Waals surface area contributed by atoms with Crippen LogP contribution in [-0.2, 0) is 0 Å². The summed E-state index contributed by atoms with van der Waals surface area (Å²) in [6, 6.07) is 0. The molecule has 0 aromatic carbocycles. The maximum Gasteiger partial charge on any atom is 0.0250 e. The summed E-state index contributed by atoms with van der Waals surface area (Å²) < 4.78 is 0. The van der Waals surface area contributed by atoms with Gasteiger partial charge in [-0.25, -0.2) is 0 Å². The van der Waals surface area contributed by atoms with Gasteiger partial charge in [0.1, 0.15) is 0 Å². The van der Waals surface area contributed by atoms with E-state index < -0.39 is 0 Å². The molecule has 0 radical (unpaired) electrons. The first-order valence-electron chi connectivity index (χ1n) is 4.98. The molecule has 1 fully saturated rings. The molecule has 1 aliphatic heterocycles. The largest absolute Gasteiger partial charge is 0.317 e. The molecule has 0 atom stereocenters. The van der Waals surface area contributed by atoms with Crippen LogP contribution < -0.4 is 5.32 Å². The third-order valence-electron chi connectivity index (χ3n) is 3.43. The Morgan fingerprint density at radius 3 is 1.92 bits per heavy atom. The van der Waals surface area contributed by atoms with Gasteiger partial charge in [0.25, 0.3) is 0 Å². The average Bonchev–Trinajstić information content (AvgIpc) is 2.05. The van der Waals surface area contributed by atoms with Crippen LogP contribution in [-0.4, -0.2) is 37.6 Å². The predicted octanol–water partition coefficient (Wildman–Crippen LogP) is 1.33. The summed E-state index contributed by atoms with van der Waals surface area (Å²) in [4.78, 5) is 2.42. The summed E-state index contributed by atoms with van der Waals surface area (Å²) in [5.41, 5.74) is 0.450. The molecule has 0 amide bonds. The minimum Gasteiger partial charge on any atom is -0.317 e. The Bertz CT molecular complexity index is 125. The lowest BCUT2D eigenvalue weighted by Gasteiger charge is -2.46. The summed E-state index contributed by atoms with van der Waals surface area (Å²) in [6.07, 6.45) is 2.58. The van der Waals surface area contributed by atoms with Gasteiger partial charge in [0.05, 0.1) is 0 Å². The highest BCUT2D eigenvalue weighted by atomic mass is 15.2. The molecular weight excluding hydrogens is 148 g/mol. The fraction of sp³-hybridized carbons (Fsp3) is 1.00. The minimum atomic E-state index is 0.450. The Morgan fingerprint density at radius 1 is 1.17 bits per heavy atom. The van der Waals surface area contributed by atoms with E-state index in [1.54, 1.807) is 0 Å². The van der Waals surface area contributed by atoms with Gasteiger partial charge in [-0.15, -0.1) is 0 Å². The van der Waals surface area contributed by atoms with Gasteiger partial charge in [-0.3, -0.25) is 0 Å². The fourth-order valence-electron chi connectivity index (χ4n) is 2.40. The lowest BCUT2D eigenvalue weighted by atomic mass is 9.77. The first-order valence-corrected chi connectivity index (χ1v) is 4.98. The van der Waals surface area contributed by atoms with Crippen LogP contribution in [0.4, 0.5) is 0 Å². The molecule has 12 heavy (non-hydrogen) atoms. The van der Waals surface area contributed by atoms with Gasteiger partial charge >= 0.3 is 0 Å². The molecule has 0 aromatic rings. The van der Waals surface area contributed by atoms with Gasteiger partial charge < -0.3 is 10.2 Å². The lowest BCUT2D eigenvalue weighted by molar-refractivity contribution is 0.0595. The number of hydrogen-bond acceptors (Lipinski definition) is 2. The first kappa shape index (κ1) is 10.0. The van der Waals surface area contributed by atoms with Crippen molar-refractivity contribution in [3.05, 3.63) is 0 Å². The Hall–Kier alpha value is -0.0800. The van der Waals surface area contributed by atoms with Crippen LogP contribution in [0.25, 0.3) is 0 Å². The average molecular weight is 170 g/mol. The van der Waals surface area contributed by atoms with E-state index in [-0.39, 0.29) is 0 Å². The van der Waals surface area contributed by atoms with Gasteiger partial charge in [-0.1, -0.05) is 13.8 Å². The minimum absolute atomic E-state index is 0.450. The SMILES string of the molecule is CC(C)C1(N(C)C)CCNCC1. The Morgan fingerprint density at radius 2 is 1.67 bits per heavy atom. The summed E-state index contributed by atoms with van der Waals surface area (Å²) >= 11 is 0. The summed E-state index contributed by atoms with van der Waals surface area (Å²) in [7, 11) is 4.43. The van der Waals surface area contributed by atoms with Crippen molar-refractivity contribution in [1.82, 2.24) is 10.2 Å². The lowest BCUT2D eigenvalue weighted by Crippen LogP contribution is -2.54. The first-order chi connectivity index (χ1) is 5.59. The molecule has 1 rings (SSSR count). The normalized spacial score (nSPS) is 23.5. The molecule has 2 heteroatoms. The van der Waals surface area contributed by atoms with E-state index in [2.05, 4.69) is 38.2 Å². The van der Waals surface area contributed by atoms with Crippen molar-refractivity contribution in [3.8, 4) is 0 Å².